The summed E-state index contributed by atoms with van der Waals surface area (Å²) >= 11 is 0. The molecular formula is C15H19N5O2. The number of nitrogens with zero attached hydrogens (tertiary/aromatic N) is 4. The number of benzene rings is 1. The lowest BCUT2D eigenvalue weighted by Crippen LogP contribution is -2.17. The molecule has 0 unspecified atom stereocenters. The molecule has 0 atom stereocenters. The first-order valence-electron chi connectivity index (χ1n) is 7.44. The van der Waals surface area contributed by atoms with Gasteiger partial charge in [-0.15, -0.1) is 5.10 Å². The predicted molar refractivity (Wildman–Crippen MR) is 83.2 cm³/mol. The second-order valence-corrected chi connectivity index (χ2v) is 5.17. The summed E-state index contributed by atoms with van der Waals surface area (Å²) in [5.41, 5.74) is 7.95. The monoisotopic (exact) mass is 301 g/mol. The van der Waals surface area contributed by atoms with E-state index >= 15 is 0 Å². The highest BCUT2D eigenvalue weighted by atomic mass is 16.5. The highest BCUT2D eigenvalue weighted by Crippen LogP contribution is 2.23. The quantitative estimate of drug-likeness (QED) is 0.864. The lowest BCUT2D eigenvalue weighted by molar-refractivity contribution is 0.0520. The van der Waals surface area contributed by atoms with Crippen LogP contribution in [0, 0.1) is 0 Å². The van der Waals surface area contributed by atoms with Gasteiger partial charge in [-0.05, 0) is 44.0 Å². The fourth-order valence-corrected chi connectivity index (χ4v) is 2.60. The number of hydrogen-bond donors (Lipinski definition) is 1. The lowest BCUT2D eigenvalue weighted by Gasteiger charge is -2.17. The number of hydrogen-bond acceptors (Lipinski definition) is 6. The summed E-state index contributed by atoms with van der Waals surface area (Å²) in [5, 5.41) is 7.76. The summed E-state index contributed by atoms with van der Waals surface area (Å²) in [5.74, 6) is -0.368. The first-order valence-corrected chi connectivity index (χ1v) is 7.44. The topological polar surface area (TPSA) is 86.3 Å². The van der Waals surface area contributed by atoms with Gasteiger partial charge in [-0.1, -0.05) is 5.21 Å². The molecule has 0 amide bonds. The molecule has 7 nitrogen and oxygen atoms in total. The van der Waals surface area contributed by atoms with Crippen LogP contribution in [0.5, 0.6) is 0 Å². The van der Waals surface area contributed by atoms with Crippen LogP contribution in [0.3, 0.4) is 0 Å². The third kappa shape index (κ3) is 2.61. The van der Waals surface area contributed by atoms with Crippen molar-refractivity contribution in [1.82, 2.24) is 15.0 Å². The van der Waals surface area contributed by atoms with Gasteiger partial charge in [0.15, 0.2) is 5.82 Å². The Morgan fingerprint density at radius 3 is 2.50 bits per heavy atom. The summed E-state index contributed by atoms with van der Waals surface area (Å²) in [4.78, 5) is 14.1. The van der Waals surface area contributed by atoms with Crippen LogP contribution in [-0.4, -0.2) is 40.7 Å². The van der Waals surface area contributed by atoms with Crippen molar-refractivity contribution in [2.45, 2.75) is 19.8 Å². The van der Waals surface area contributed by atoms with E-state index in [0.29, 0.717) is 0 Å². The van der Waals surface area contributed by atoms with Gasteiger partial charge in [0.05, 0.1) is 12.3 Å². The van der Waals surface area contributed by atoms with Crippen LogP contribution in [0.2, 0.25) is 0 Å². The van der Waals surface area contributed by atoms with Crippen molar-refractivity contribution in [3.8, 4) is 5.69 Å². The van der Waals surface area contributed by atoms with Crippen molar-refractivity contribution >= 4 is 17.5 Å². The zero-order valence-electron chi connectivity index (χ0n) is 12.5. The van der Waals surface area contributed by atoms with E-state index in [9.17, 15) is 4.79 Å². The van der Waals surface area contributed by atoms with Crippen molar-refractivity contribution in [2.24, 2.45) is 0 Å². The van der Waals surface area contributed by atoms with Crippen LogP contribution in [0.25, 0.3) is 5.69 Å². The van der Waals surface area contributed by atoms with E-state index in [2.05, 4.69) is 15.2 Å². The van der Waals surface area contributed by atoms with Crippen LogP contribution in [0.1, 0.15) is 30.3 Å². The van der Waals surface area contributed by atoms with E-state index in [1.165, 1.54) is 23.2 Å². The molecule has 1 saturated heterocycles. The average molecular weight is 301 g/mol. The number of nitrogen functional groups attached to an aromatic ring is 1. The molecule has 1 fully saturated rings. The molecule has 0 radical (unpaired) electrons. The van der Waals surface area contributed by atoms with Crippen molar-refractivity contribution in [2.75, 3.05) is 30.3 Å². The minimum atomic E-state index is -0.556. The SMILES string of the molecule is CCOC(=O)c1nnn(-c2ccc(N3CCCC3)cc2)c1N. The largest absolute Gasteiger partial charge is 0.461 e. The molecule has 22 heavy (non-hydrogen) atoms. The Hall–Kier alpha value is -2.57. The van der Waals surface area contributed by atoms with Gasteiger partial charge in [0.1, 0.15) is 0 Å². The lowest BCUT2D eigenvalue weighted by atomic mass is 10.2. The Balaban J connectivity index is 1.83. The van der Waals surface area contributed by atoms with E-state index in [4.69, 9.17) is 10.5 Å². The minimum Gasteiger partial charge on any atom is -0.461 e. The highest BCUT2D eigenvalue weighted by molar-refractivity contribution is 5.92. The molecule has 1 aliphatic rings. The van der Waals surface area contributed by atoms with Crippen molar-refractivity contribution < 1.29 is 9.53 Å². The molecule has 2 aromatic rings. The average Bonchev–Trinajstić information content (AvgIpc) is 3.17. The molecule has 7 heteroatoms. The maximum atomic E-state index is 11.7. The number of aromatic nitrogens is 3. The summed E-state index contributed by atoms with van der Waals surface area (Å²) in [7, 11) is 0. The van der Waals surface area contributed by atoms with E-state index in [-0.39, 0.29) is 18.1 Å². The molecule has 0 saturated carbocycles. The van der Waals surface area contributed by atoms with E-state index in [1.54, 1.807) is 6.92 Å². The maximum absolute atomic E-state index is 11.7. The fourth-order valence-electron chi connectivity index (χ4n) is 2.60. The zero-order valence-corrected chi connectivity index (χ0v) is 12.5. The smallest absolute Gasteiger partial charge is 0.362 e. The molecule has 0 bridgehead atoms. The predicted octanol–water partition coefficient (Wildman–Crippen LogP) is 1.63. The van der Waals surface area contributed by atoms with E-state index < -0.39 is 5.97 Å². The second-order valence-electron chi connectivity index (χ2n) is 5.17. The van der Waals surface area contributed by atoms with Gasteiger partial charge < -0.3 is 15.4 Å². The van der Waals surface area contributed by atoms with Crippen LogP contribution in [-0.2, 0) is 4.74 Å². The molecule has 1 aromatic heterocycles. The summed E-state index contributed by atoms with van der Waals surface area (Å²) < 4.78 is 6.35. The number of carbonyl (C=O) groups is 1. The fraction of sp³-hybridized carbons (Fsp3) is 0.400. The van der Waals surface area contributed by atoms with Crippen LogP contribution in [0.4, 0.5) is 11.5 Å². The van der Waals surface area contributed by atoms with Crippen LogP contribution in [0.15, 0.2) is 24.3 Å². The van der Waals surface area contributed by atoms with Crippen LogP contribution >= 0.6 is 0 Å². The van der Waals surface area contributed by atoms with Crippen LogP contribution < -0.4 is 10.6 Å². The highest BCUT2D eigenvalue weighted by Gasteiger charge is 2.19. The van der Waals surface area contributed by atoms with E-state index in [0.717, 1.165) is 18.8 Å². The van der Waals surface area contributed by atoms with Gasteiger partial charge in [-0.3, -0.25) is 0 Å². The standard InChI is InChI=1S/C15H19N5O2/c1-2-22-15(21)13-14(16)20(18-17-13)12-7-5-11(6-8-12)19-9-3-4-10-19/h5-8H,2-4,9-10,16H2,1H3. The first-order chi connectivity index (χ1) is 10.7. The number of carbonyl (C=O) groups excluding carboxylic acids is 1. The summed E-state index contributed by atoms with van der Waals surface area (Å²) in [6, 6.07) is 7.92. The Bertz CT molecular complexity index is 659. The van der Waals surface area contributed by atoms with Gasteiger partial charge >= 0.3 is 5.97 Å². The molecule has 1 aliphatic heterocycles. The van der Waals surface area contributed by atoms with E-state index in [1.807, 2.05) is 24.3 Å². The number of esters is 1. The number of nitrogens with two attached hydrogens (primary N) is 1. The van der Waals surface area contributed by atoms with Crippen molar-refractivity contribution in [3.05, 3.63) is 30.0 Å². The Labute approximate surface area is 128 Å². The number of ether oxygens (including phenoxy) is 1. The third-order valence-corrected chi connectivity index (χ3v) is 3.74. The third-order valence-electron chi connectivity index (χ3n) is 3.74. The van der Waals surface area contributed by atoms with Gasteiger partial charge in [0.2, 0.25) is 5.69 Å². The Morgan fingerprint density at radius 1 is 1.23 bits per heavy atom. The zero-order chi connectivity index (χ0) is 15.5. The van der Waals surface area contributed by atoms with Gasteiger partial charge in [-0.25, -0.2) is 4.79 Å². The normalized spacial score (nSPS) is 14.3. The molecule has 1 aromatic carbocycles. The molecule has 0 aliphatic carbocycles. The summed E-state index contributed by atoms with van der Waals surface area (Å²) in [6.45, 7) is 4.20. The molecule has 0 spiro atoms. The molecule has 2 heterocycles. The van der Waals surface area contributed by atoms with Gasteiger partial charge in [0.25, 0.3) is 0 Å². The number of rotatable bonds is 4. The van der Waals surface area contributed by atoms with Gasteiger partial charge in [-0.2, -0.15) is 4.68 Å². The molecular weight excluding hydrogens is 282 g/mol. The minimum absolute atomic E-state index is 0.0467. The molecule has 2 N–H and O–H groups in total. The first kappa shape index (κ1) is 14.4. The second kappa shape index (κ2) is 6.05. The summed E-state index contributed by atoms with van der Waals surface area (Å²) in [6.07, 6.45) is 2.47. The molecule has 116 valence electrons. The van der Waals surface area contributed by atoms with Crippen molar-refractivity contribution in [1.29, 1.82) is 0 Å². The Kier molecular flexibility index (Phi) is 3.95. The number of anilines is 2. The maximum Gasteiger partial charge on any atom is 0.362 e. The van der Waals surface area contributed by atoms with Gasteiger partial charge in [0, 0.05) is 18.8 Å². The Morgan fingerprint density at radius 2 is 1.86 bits per heavy atom. The molecule has 3 rings (SSSR count). The van der Waals surface area contributed by atoms with Crippen molar-refractivity contribution in [3.63, 3.8) is 0 Å².